The molecule has 1 heterocycles. The van der Waals surface area contributed by atoms with Crippen LogP contribution in [0.5, 0.6) is 11.5 Å². The van der Waals surface area contributed by atoms with Gasteiger partial charge in [-0.15, -0.1) is 0 Å². The average Bonchev–Trinajstić information content (AvgIpc) is 2.92. The number of carbonyl (C=O) groups is 1. The van der Waals surface area contributed by atoms with Gasteiger partial charge >= 0.3 is 6.03 Å². The molecule has 39 heavy (non-hydrogen) atoms. The summed E-state index contributed by atoms with van der Waals surface area (Å²) in [5.41, 5.74) is -0.569. The second-order valence-electron chi connectivity index (χ2n) is 11.0. The predicted molar refractivity (Wildman–Crippen MR) is 158 cm³/mol. The summed E-state index contributed by atoms with van der Waals surface area (Å²) >= 11 is 6.49. The number of benzene rings is 2. The maximum Gasteiger partial charge on any atom is 0.317 e. The summed E-state index contributed by atoms with van der Waals surface area (Å²) in [4.78, 5) is 15.2. The lowest BCUT2D eigenvalue weighted by Crippen LogP contribution is -2.54. The molecule has 0 spiro atoms. The first-order valence-corrected chi connectivity index (χ1v) is 14.6. The van der Waals surface area contributed by atoms with Gasteiger partial charge in [0, 0.05) is 55.9 Å². The predicted octanol–water partition coefficient (Wildman–Crippen LogP) is 6.19. The van der Waals surface area contributed by atoms with E-state index in [4.69, 9.17) is 21.1 Å². The molecule has 0 bridgehead atoms. The van der Waals surface area contributed by atoms with E-state index in [-0.39, 0.29) is 18.0 Å². The van der Waals surface area contributed by atoms with Crippen LogP contribution in [0.25, 0.3) is 0 Å². The van der Waals surface area contributed by atoms with Gasteiger partial charge in [-0.2, -0.15) is 0 Å². The van der Waals surface area contributed by atoms with Crippen molar-refractivity contribution in [1.82, 2.24) is 15.5 Å². The van der Waals surface area contributed by atoms with Gasteiger partial charge in [0.25, 0.3) is 0 Å². The smallest absolute Gasteiger partial charge is 0.317 e. The maximum atomic E-state index is 13.4. The quantitative estimate of drug-likeness (QED) is 0.240. The minimum absolute atomic E-state index is 0.0506. The molecule has 2 amide bonds. The minimum Gasteiger partial charge on any atom is -0.457 e. The zero-order valence-electron chi connectivity index (χ0n) is 23.9. The van der Waals surface area contributed by atoms with E-state index in [1.165, 1.54) is 0 Å². The van der Waals surface area contributed by atoms with Gasteiger partial charge in [0.05, 0.1) is 5.60 Å². The summed E-state index contributed by atoms with van der Waals surface area (Å²) in [5.74, 6) is 1.56. The molecule has 1 fully saturated rings. The fraction of sp³-hybridized carbons (Fsp3) is 0.581. The number of carbonyl (C=O) groups excluding carboxylic acids is 1. The Hall–Kier alpha value is -2.32. The molecule has 1 aliphatic heterocycles. The van der Waals surface area contributed by atoms with Crippen LogP contribution in [0.1, 0.15) is 57.9 Å². The van der Waals surface area contributed by atoms with Crippen LogP contribution in [-0.2, 0) is 10.3 Å². The van der Waals surface area contributed by atoms with Crippen LogP contribution in [-0.4, -0.2) is 62.5 Å². The molecule has 3 rings (SSSR count). The Kier molecular flexibility index (Phi) is 12.4. The summed E-state index contributed by atoms with van der Waals surface area (Å²) in [6, 6.07) is 15.0. The number of aliphatic hydroxyl groups is 1. The monoisotopic (exact) mass is 559 g/mol. The lowest BCUT2D eigenvalue weighted by atomic mass is 9.73. The molecule has 1 aliphatic rings. The third-order valence-electron chi connectivity index (χ3n) is 7.45. The van der Waals surface area contributed by atoms with Crippen LogP contribution >= 0.6 is 11.6 Å². The molecule has 8 heteroatoms. The fourth-order valence-electron chi connectivity index (χ4n) is 5.57. The number of nitrogens with zero attached hydrogens (tertiary/aromatic N) is 1. The molecule has 0 unspecified atom stereocenters. The number of piperidine rings is 1. The molecular weight excluding hydrogens is 514 g/mol. The summed E-state index contributed by atoms with van der Waals surface area (Å²) in [5, 5.41) is 19.5. The second kappa shape index (κ2) is 15.5. The molecule has 3 atom stereocenters. The highest BCUT2D eigenvalue weighted by atomic mass is 35.5. The Bertz CT molecular complexity index is 1020. The number of amides is 2. The highest BCUT2D eigenvalue weighted by molar-refractivity contribution is 6.30. The van der Waals surface area contributed by atoms with Gasteiger partial charge in [0.15, 0.2) is 0 Å². The molecule has 0 aromatic heterocycles. The second-order valence-corrected chi connectivity index (χ2v) is 11.5. The van der Waals surface area contributed by atoms with Crippen molar-refractivity contribution in [1.29, 1.82) is 0 Å². The molecule has 7 nitrogen and oxygen atoms in total. The van der Waals surface area contributed by atoms with Crippen molar-refractivity contribution in [2.45, 2.75) is 64.0 Å². The van der Waals surface area contributed by atoms with Crippen LogP contribution in [0.15, 0.2) is 48.5 Å². The minimum atomic E-state index is -1.23. The first-order chi connectivity index (χ1) is 18.8. The van der Waals surface area contributed by atoms with Crippen molar-refractivity contribution < 1.29 is 19.4 Å². The van der Waals surface area contributed by atoms with E-state index in [2.05, 4.69) is 24.5 Å². The number of para-hydroxylation sites is 1. The van der Waals surface area contributed by atoms with Gasteiger partial charge in [-0.05, 0) is 81.8 Å². The molecule has 3 N–H and O–H groups in total. The van der Waals surface area contributed by atoms with Crippen molar-refractivity contribution in [2.75, 3.05) is 40.4 Å². The zero-order valence-corrected chi connectivity index (χ0v) is 24.7. The number of ether oxygens (including phenoxy) is 2. The molecule has 0 radical (unpaired) electrons. The average molecular weight is 560 g/mol. The van der Waals surface area contributed by atoms with Crippen molar-refractivity contribution in [3.63, 3.8) is 0 Å². The Morgan fingerprint density at radius 3 is 2.67 bits per heavy atom. The van der Waals surface area contributed by atoms with Crippen molar-refractivity contribution in [2.24, 2.45) is 11.8 Å². The van der Waals surface area contributed by atoms with Crippen LogP contribution in [0.2, 0.25) is 5.02 Å². The molecule has 0 aliphatic carbocycles. The number of hydrogen-bond acceptors (Lipinski definition) is 5. The lowest BCUT2D eigenvalue weighted by Gasteiger charge is -2.43. The van der Waals surface area contributed by atoms with Crippen molar-refractivity contribution in [3.8, 4) is 11.5 Å². The number of rotatable bonds is 14. The van der Waals surface area contributed by atoms with Crippen LogP contribution in [0.4, 0.5) is 4.79 Å². The summed E-state index contributed by atoms with van der Waals surface area (Å²) < 4.78 is 11.5. The SMILES string of the molecule is CNC[C@H](CC(C)C)NC(=O)N1CCC[C@@H]([C@@](O)(CCCCOC)c2cc(Cl)ccc2Oc2ccccc2)C1. The lowest BCUT2D eigenvalue weighted by molar-refractivity contribution is -0.0575. The number of methoxy groups -OCH3 is 1. The van der Waals surface area contributed by atoms with E-state index < -0.39 is 5.60 Å². The van der Waals surface area contributed by atoms with Gasteiger partial charge in [-0.3, -0.25) is 0 Å². The highest BCUT2D eigenvalue weighted by Gasteiger charge is 2.43. The van der Waals surface area contributed by atoms with Crippen LogP contribution < -0.4 is 15.4 Å². The third-order valence-corrected chi connectivity index (χ3v) is 7.69. The fourth-order valence-corrected chi connectivity index (χ4v) is 5.74. The Morgan fingerprint density at radius 2 is 1.97 bits per heavy atom. The Morgan fingerprint density at radius 1 is 1.21 bits per heavy atom. The first-order valence-electron chi connectivity index (χ1n) is 14.2. The Labute approximate surface area is 239 Å². The number of likely N-dealkylation sites (N-methyl/N-ethyl adjacent to an activating group) is 1. The number of urea groups is 1. The maximum absolute atomic E-state index is 13.4. The van der Waals surface area contributed by atoms with Gasteiger partial charge in [0.2, 0.25) is 0 Å². The summed E-state index contributed by atoms with van der Waals surface area (Å²) in [6.45, 7) is 6.79. The van der Waals surface area contributed by atoms with Gasteiger partial charge in [-0.25, -0.2) is 4.79 Å². The first kappa shape index (κ1) is 31.2. The molecule has 2 aromatic rings. The van der Waals surface area contributed by atoms with Crippen LogP contribution in [0.3, 0.4) is 0 Å². The number of unbranched alkanes of at least 4 members (excludes halogenated alkanes) is 1. The van der Waals surface area contributed by atoms with E-state index in [9.17, 15) is 9.90 Å². The topological polar surface area (TPSA) is 83.1 Å². The van der Waals surface area contributed by atoms with E-state index in [1.54, 1.807) is 13.2 Å². The molecular formula is C31H46ClN3O4. The highest BCUT2D eigenvalue weighted by Crippen LogP contribution is 2.45. The molecule has 216 valence electrons. The number of hydrogen-bond donors (Lipinski definition) is 3. The van der Waals surface area contributed by atoms with Gasteiger partial charge < -0.3 is 30.1 Å². The van der Waals surface area contributed by atoms with Crippen molar-refractivity contribution >= 4 is 17.6 Å². The van der Waals surface area contributed by atoms with Gasteiger partial charge in [-0.1, -0.05) is 43.6 Å². The van der Waals surface area contributed by atoms with Crippen LogP contribution in [0, 0.1) is 11.8 Å². The van der Waals surface area contributed by atoms with Crippen molar-refractivity contribution in [3.05, 3.63) is 59.1 Å². The summed E-state index contributed by atoms with van der Waals surface area (Å²) in [6.07, 6.45) is 4.62. The molecule has 0 saturated carbocycles. The number of likely N-dealkylation sites (tertiary alicyclic amines) is 1. The van der Waals surface area contributed by atoms with E-state index >= 15 is 0 Å². The number of nitrogens with one attached hydrogen (secondary N) is 2. The number of halogens is 1. The van der Waals surface area contributed by atoms with E-state index in [0.717, 1.165) is 32.1 Å². The zero-order chi connectivity index (χ0) is 28.3. The largest absolute Gasteiger partial charge is 0.457 e. The van der Waals surface area contributed by atoms with E-state index in [0.29, 0.717) is 60.7 Å². The van der Waals surface area contributed by atoms with E-state index in [1.807, 2.05) is 54.4 Å². The molecule has 1 saturated heterocycles. The standard InChI is InChI=1S/C31H46ClN3O4/c1-23(2)19-26(21-33-3)34-30(36)35-17-10-11-24(22-35)31(37,16-8-9-18-38-4)28-20-25(32)14-15-29(28)39-27-12-6-5-7-13-27/h5-7,12-15,20,23-24,26,33,37H,8-11,16-19,21-22H2,1-4H3,(H,34,36)/t24-,26+,31+/m1/s1. The third kappa shape index (κ3) is 9.10. The molecule has 2 aromatic carbocycles. The Balaban J connectivity index is 1.89. The summed E-state index contributed by atoms with van der Waals surface area (Å²) in [7, 11) is 3.59. The van der Waals surface area contributed by atoms with Gasteiger partial charge in [0.1, 0.15) is 11.5 Å². The normalized spacial score (nSPS) is 18.0.